The van der Waals surface area contributed by atoms with Gasteiger partial charge in [-0.25, -0.2) is 0 Å². The van der Waals surface area contributed by atoms with E-state index in [4.69, 9.17) is 9.47 Å². The highest BCUT2D eigenvalue weighted by atomic mass is 16.5. The summed E-state index contributed by atoms with van der Waals surface area (Å²) in [6.45, 7) is 12.4. The maximum Gasteiger partial charge on any atom is 0.305 e. The molecule has 0 heterocycles. The predicted octanol–water partition coefficient (Wildman–Crippen LogP) is 10.6. The van der Waals surface area contributed by atoms with Gasteiger partial charge in [-0.2, -0.15) is 0 Å². The Bertz CT molecular complexity index is 1750. The molecule has 0 atom stereocenters. The lowest BCUT2D eigenvalue weighted by atomic mass is 9.64. The SMILES string of the molecule is CCOC(=O)CCCCCOc1c(-c2ccc3c4c(ccc3c2)C2=C(CC(C)(C)C=C2)CC4(C)C)ccc2ccccc12. The Kier molecular flexibility index (Phi) is 7.94. The molecule has 0 amide bonds. The molecule has 222 valence electrons. The third-order valence-electron chi connectivity index (χ3n) is 9.16. The predicted molar refractivity (Wildman–Crippen MR) is 180 cm³/mol. The second-order valence-electron chi connectivity index (χ2n) is 13.6. The van der Waals surface area contributed by atoms with Crippen molar-refractivity contribution in [1.82, 2.24) is 0 Å². The average Bonchev–Trinajstić information content (AvgIpc) is 2.97. The number of rotatable bonds is 9. The van der Waals surface area contributed by atoms with Crippen molar-refractivity contribution in [3.8, 4) is 16.9 Å². The Morgan fingerprint density at radius 3 is 2.44 bits per heavy atom. The van der Waals surface area contributed by atoms with Gasteiger partial charge in [-0.05, 0) is 94.3 Å². The molecule has 0 aromatic heterocycles. The van der Waals surface area contributed by atoms with Crippen LogP contribution < -0.4 is 4.74 Å². The summed E-state index contributed by atoms with van der Waals surface area (Å²) in [5, 5.41) is 4.92. The number of allylic oxidation sites excluding steroid dienone is 4. The number of hydrogen-bond acceptors (Lipinski definition) is 3. The maximum absolute atomic E-state index is 11.7. The molecule has 2 aliphatic carbocycles. The highest BCUT2D eigenvalue weighted by Crippen LogP contribution is 2.51. The van der Waals surface area contributed by atoms with Gasteiger partial charge < -0.3 is 9.47 Å². The van der Waals surface area contributed by atoms with E-state index in [1.54, 1.807) is 5.57 Å². The minimum absolute atomic E-state index is 0.0704. The number of hydrogen-bond donors (Lipinski definition) is 0. The summed E-state index contributed by atoms with van der Waals surface area (Å²) in [5.41, 5.74) is 8.48. The van der Waals surface area contributed by atoms with Gasteiger partial charge in [0.25, 0.3) is 0 Å². The van der Waals surface area contributed by atoms with Crippen LogP contribution in [0.4, 0.5) is 0 Å². The van der Waals surface area contributed by atoms with Crippen LogP contribution in [0.25, 0.3) is 38.2 Å². The zero-order valence-electron chi connectivity index (χ0n) is 26.4. The van der Waals surface area contributed by atoms with E-state index in [9.17, 15) is 4.79 Å². The van der Waals surface area contributed by atoms with Gasteiger partial charge >= 0.3 is 5.97 Å². The lowest BCUT2D eigenvalue weighted by Crippen LogP contribution is -2.27. The van der Waals surface area contributed by atoms with Gasteiger partial charge in [0.2, 0.25) is 0 Å². The smallest absolute Gasteiger partial charge is 0.305 e. The highest BCUT2D eigenvalue weighted by molar-refractivity contribution is 6.00. The van der Waals surface area contributed by atoms with Crippen LogP contribution >= 0.6 is 0 Å². The van der Waals surface area contributed by atoms with Gasteiger partial charge in [-0.15, -0.1) is 0 Å². The van der Waals surface area contributed by atoms with Crippen molar-refractivity contribution in [1.29, 1.82) is 0 Å². The summed E-state index contributed by atoms with van der Waals surface area (Å²) >= 11 is 0. The zero-order valence-corrected chi connectivity index (χ0v) is 26.4. The summed E-state index contributed by atoms with van der Waals surface area (Å²) in [4.78, 5) is 11.7. The first kappa shape index (κ1) is 29.2. The lowest BCUT2D eigenvalue weighted by Gasteiger charge is -2.40. The number of carbonyl (C=O) groups is 1. The highest BCUT2D eigenvalue weighted by Gasteiger charge is 2.36. The second-order valence-corrected chi connectivity index (χ2v) is 13.6. The van der Waals surface area contributed by atoms with E-state index in [2.05, 4.69) is 107 Å². The molecule has 4 aromatic carbocycles. The fourth-order valence-electron chi connectivity index (χ4n) is 7.22. The molecule has 0 fully saturated rings. The van der Waals surface area contributed by atoms with E-state index in [0.717, 1.165) is 48.8 Å². The van der Waals surface area contributed by atoms with Crippen LogP contribution in [-0.4, -0.2) is 19.2 Å². The van der Waals surface area contributed by atoms with E-state index >= 15 is 0 Å². The Balaban J connectivity index is 1.32. The van der Waals surface area contributed by atoms with Gasteiger partial charge in [0, 0.05) is 17.4 Å². The van der Waals surface area contributed by atoms with E-state index in [0.29, 0.717) is 19.6 Å². The van der Waals surface area contributed by atoms with Crippen molar-refractivity contribution in [2.24, 2.45) is 5.41 Å². The third-order valence-corrected chi connectivity index (χ3v) is 9.16. The van der Waals surface area contributed by atoms with E-state index < -0.39 is 0 Å². The molecule has 3 nitrogen and oxygen atoms in total. The van der Waals surface area contributed by atoms with Crippen molar-refractivity contribution in [2.75, 3.05) is 13.2 Å². The summed E-state index contributed by atoms with van der Waals surface area (Å²) in [5.74, 6) is 0.822. The number of carbonyl (C=O) groups excluding carboxylic acids is 1. The monoisotopic (exact) mass is 572 g/mol. The van der Waals surface area contributed by atoms with Crippen molar-refractivity contribution < 1.29 is 14.3 Å². The first-order valence-electron chi connectivity index (χ1n) is 16.0. The molecule has 3 heteroatoms. The van der Waals surface area contributed by atoms with E-state index in [1.807, 2.05) is 6.92 Å². The Hall–Kier alpha value is -3.85. The van der Waals surface area contributed by atoms with Crippen molar-refractivity contribution in [3.63, 3.8) is 0 Å². The molecule has 0 saturated heterocycles. The summed E-state index contributed by atoms with van der Waals surface area (Å²) in [6.07, 6.45) is 10.1. The zero-order chi connectivity index (χ0) is 30.2. The maximum atomic E-state index is 11.7. The first-order valence-corrected chi connectivity index (χ1v) is 16.0. The standard InChI is InChI=1S/C40H44O3/c1-6-42-36(41)14-8-7-11-23-43-38-33-13-10-9-12-27(33)15-19-34(38)29-16-18-32-28(24-29)17-20-35-31-21-22-39(2,3)25-30(31)26-40(4,5)37(32)35/h9-10,12-13,15-22,24H,6-8,11,14,23,25-26H2,1-5H3. The molecular formula is C40H44O3. The van der Waals surface area contributed by atoms with E-state index in [-0.39, 0.29) is 16.8 Å². The van der Waals surface area contributed by atoms with Crippen LogP contribution in [0.15, 0.2) is 84.5 Å². The Morgan fingerprint density at radius 1 is 0.814 bits per heavy atom. The molecule has 0 saturated carbocycles. The van der Waals surface area contributed by atoms with Crippen molar-refractivity contribution >= 4 is 33.1 Å². The van der Waals surface area contributed by atoms with Crippen LogP contribution in [0.3, 0.4) is 0 Å². The fraction of sp³-hybridized carbons (Fsp3) is 0.375. The number of ether oxygens (including phenoxy) is 2. The van der Waals surface area contributed by atoms with Crippen molar-refractivity contribution in [3.05, 3.63) is 95.6 Å². The Morgan fingerprint density at radius 2 is 1.60 bits per heavy atom. The number of unbranched alkanes of at least 4 members (excludes halogenated alkanes) is 2. The summed E-state index contributed by atoms with van der Waals surface area (Å²) in [6, 6.07) is 24.5. The largest absolute Gasteiger partial charge is 0.492 e. The number of esters is 1. The molecule has 0 bridgehead atoms. The number of fused-ring (bicyclic) bond motifs is 5. The van der Waals surface area contributed by atoms with Gasteiger partial charge in [0.15, 0.2) is 0 Å². The minimum atomic E-state index is -0.114. The normalized spacial score (nSPS) is 16.7. The topological polar surface area (TPSA) is 35.5 Å². The average molecular weight is 573 g/mol. The molecule has 43 heavy (non-hydrogen) atoms. The Labute approximate surface area is 256 Å². The van der Waals surface area contributed by atoms with Crippen molar-refractivity contribution in [2.45, 2.75) is 78.6 Å². The molecule has 6 rings (SSSR count). The van der Waals surface area contributed by atoms with Gasteiger partial charge in [-0.3, -0.25) is 4.79 Å². The quantitative estimate of drug-likeness (QED) is 0.148. The molecular weight excluding hydrogens is 528 g/mol. The molecule has 0 unspecified atom stereocenters. The summed E-state index contributed by atoms with van der Waals surface area (Å²) < 4.78 is 11.6. The first-order chi connectivity index (χ1) is 20.7. The van der Waals surface area contributed by atoms with Crippen LogP contribution in [0.2, 0.25) is 0 Å². The minimum Gasteiger partial charge on any atom is -0.492 e. The van der Waals surface area contributed by atoms with Crippen LogP contribution in [0.1, 0.15) is 84.3 Å². The molecule has 2 aliphatic rings. The lowest BCUT2D eigenvalue weighted by molar-refractivity contribution is -0.143. The molecule has 0 spiro atoms. The number of benzene rings is 4. The molecule has 0 N–H and O–H groups in total. The molecule has 0 radical (unpaired) electrons. The third kappa shape index (κ3) is 5.87. The van der Waals surface area contributed by atoms with Gasteiger partial charge in [0.1, 0.15) is 5.75 Å². The summed E-state index contributed by atoms with van der Waals surface area (Å²) in [7, 11) is 0. The van der Waals surface area contributed by atoms with E-state index in [1.165, 1.54) is 38.4 Å². The van der Waals surface area contributed by atoms with Gasteiger partial charge in [0.05, 0.1) is 13.2 Å². The van der Waals surface area contributed by atoms with Crippen LogP contribution in [0.5, 0.6) is 5.75 Å². The van der Waals surface area contributed by atoms with Crippen LogP contribution in [0, 0.1) is 5.41 Å². The second kappa shape index (κ2) is 11.7. The van der Waals surface area contributed by atoms with Crippen LogP contribution in [-0.2, 0) is 14.9 Å². The molecule has 0 aliphatic heterocycles. The molecule has 4 aromatic rings. The van der Waals surface area contributed by atoms with Gasteiger partial charge in [-0.1, -0.05) is 106 Å². The fourth-order valence-corrected chi connectivity index (χ4v) is 7.22.